The lowest BCUT2D eigenvalue weighted by Crippen LogP contribution is -2.61. The van der Waals surface area contributed by atoms with Crippen LogP contribution >= 0.6 is 23.2 Å². The average Bonchev–Trinajstić information content (AvgIpc) is 3.14. The number of hydrogen-bond donors (Lipinski definition) is 1. The molecule has 3 aliphatic heterocycles. The standard InChI is InChI=1S/C24H30Cl2N4O/c25-18-3-1-17(2-4-18)11-22-14-29-16-23(31)13-21(29)15-30(22)20-6-9-28(10-7-20)24-12-19(26)5-8-27-24/h1-5,8,12,20-23,31H,6-7,9-11,13-16H2/t21-,22-,23+/m0/s1. The molecule has 3 saturated heterocycles. The number of rotatable bonds is 4. The van der Waals surface area contributed by atoms with Crippen molar-refractivity contribution < 1.29 is 5.11 Å². The highest BCUT2D eigenvalue weighted by Crippen LogP contribution is 2.32. The van der Waals surface area contributed by atoms with Crippen LogP contribution in [0, 0.1) is 0 Å². The Balaban J connectivity index is 1.29. The molecule has 0 unspecified atom stereocenters. The lowest BCUT2D eigenvalue weighted by atomic mass is 9.94. The van der Waals surface area contributed by atoms with Gasteiger partial charge in [0.1, 0.15) is 5.82 Å². The number of benzene rings is 1. The number of anilines is 1. The van der Waals surface area contributed by atoms with Crippen LogP contribution in [-0.4, -0.2) is 76.8 Å². The highest BCUT2D eigenvalue weighted by atomic mass is 35.5. The SMILES string of the molecule is O[C@@H]1C[C@H]2CN(C3CCN(c4cc(Cl)ccn4)CC3)[C@@H](Cc3ccc(Cl)cc3)CN2C1. The van der Waals surface area contributed by atoms with Crippen LogP contribution < -0.4 is 4.90 Å². The van der Waals surface area contributed by atoms with Crippen LogP contribution in [0.4, 0.5) is 5.82 Å². The summed E-state index contributed by atoms with van der Waals surface area (Å²) in [7, 11) is 0. The maximum Gasteiger partial charge on any atom is 0.129 e. The number of nitrogens with zero attached hydrogens (tertiary/aromatic N) is 4. The second kappa shape index (κ2) is 9.24. The van der Waals surface area contributed by atoms with E-state index in [1.54, 1.807) is 6.20 Å². The van der Waals surface area contributed by atoms with Crippen LogP contribution in [0.25, 0.3) is 0 Å². The molecule has 3 atom stereocenters. The van der Waals surface area contributed by atoms with Gasteiger partial charge in [-0.3, -0.25) is 9.80 Å². The summed E-state index contributed by atoms with van der Waals surface area (Å²) in [4.78, 5) is 12.1. The van der Waals surface area contributed by atoms with Crippen LogP contribution in [0.1, 0.15) is 24.8 Å². The first-order valence-corrected chi connectivity index (χ1v) is 12.1. The Hall–Kier alpha value is -1.37. The van der Waals surface area contributed by atoms with E-state index in [-0.39, 0.29) is 6.10 Å². The van der Waals surface area contributed by atoms with Gasteiger partial charge in [0, 0.05) is 67.1 Å². The Labute approximate surface area is 194 Å². The lowest BCUT2D eigenvalue weighted by molar-refractivity contribution is 0.0122. The number of aliphatic hydroxyl groups is 1. The molecule has 3 fully saturated rings. The van der Waals surface area contributed by atoms with E-state index in [0.717, 1.165) is 74.3 Å². The molecule has 2 aromatic rings. The predicted molar refractivity (Wildman–Crippen MR) is 126 cm³/mol. The quantitative estimate of drug-likeness (QED) is 0.752. The molecular formula is C24H30Cl2N4O. The van der Waals surface area contributed by atoms with E-state index in [1.165, 1.54) is 5.56 Å². The number of aromatic nitrogens is 1. The maximum absolute atomic E-state index is 10.2. The summed E-state index contributed by atoms with van der Waals surface area (Å²) in [5.41, 5.74) is 1.33. The molecule has 0 saturated carbocycles. The summed E-state index contributed by atoms with van der Waals surface area (Å²) in [5, 5.41) is 11.8. The Bertz CT molecular complexity index is 887. The summed E-state index contributed by atoms with van der Waals surface area (Å²) in [6, 6.07) is 13.6. The van der Waals surface area contributed by atoms with Gasteiger partial charge in [0.2, 0.25) is 0 Å². The van der Waals surface area contributed by atoms with Crippen LogP contribution in [-0.2, 0) is 6.42 Å². The lowest BCUT2D eigenvalue weighted by Gasteiger charge is -2.49. The van der Waals surface area contributed by atoms with Gasteiger partial charge in [-0.05, 0) is 55.5 Å². The van der Waals surface area contributed by atoms with E-state index in [9.17, 15) is 5.11 Å². The fourth-order valence-electron chi connectivity index (χ4n) is 5.65. The van der Waals surface area contributed by atoms with Gasteiger partial charge in [-0.25, -0.2) is 4.98 Å². The monoisotopic (exact) mass is 460 g/mol. The molecule has 0 aliphatic carbocycles. The zero-order chi connectivity index (χ0) is 21.4. The van der Waals surface area contributed by atoms with E-state index >= 15 is 0 Å². The summed E-state index contributed by atoms with van der Waals surface area (Å²) in [6.45, 7) is 4.89. The van der Waals surface area contributed by atoms with Gasteiger partial charge >= 0.3 is 0 Å². The molecule has 0 bridgehead atoms. The second-order valence-electron chi connectivity index (χ2n) is 9.23. The van der Waals surface area contributed by atoms with Crippen molar-refractivity contribution in [2.24, 2.45) is 0 Å². The third-order valence-corrected chi connectivity index (χ3v) is 7.68. The predicted octanol–water partition coefficient (Wildman–Crippen LogP) is 3.72. The third-order valence-electron chi connectivity index (χ3n) is 7.19. The third kappa shape index (κ3) is 4.86. The number of fused-ring (bicyclic) bond motifs is 1. The number of aliphatic hydroxyl groups excluding tert-OH is 1. The van der Waals surface area contributed by atoms with E-state index < -0.39 is 0 Å². The average molecular weight is 461 g/mol. The van der Waals surface area contributed by atoms with Crippen LogP contribution in [0.2, 0.25) is 10.0 Å². The van der Waals surface area contributed by atoms with Crippen molar-refractivity contribution in [2.75, 3.05) is 37.6 Å². The van der Waals surface area contributed by atoms with E-state index in [0.29, 0.717) is 18.1 Å². The minimum absolute atomic E-state index is 0.183. The van der Waals surface area contributed by atoms with Gasteiger partial charge in [0.15, 0.2) is 0 Å². The van der Waals surface area contributed by atoms with Crippen molar-refractivity contribution >= 4 is 29.0 Å². The first-order valence-electron chi connectivity index (χ1n) is 11.3. The van der Waals surface area contributed by atoms with Gasteiger partial charge in [-0.15, -0.1) is 0 Å². The Morgan fingerprint density at radius 1 is 0.935 bits per heavy atom. The maximum atomic E-state index is 10.2. The molecule has 31 heavy (non-hydrogen) atoms. The fraction of sp³-hybridized carbons (Fsp3) is 0.542. The fourth-order valence-corrected chi connectivity index (χ4v) is 5.93. The molecule has 7 heteroatoms. The summed E-state index contributed by atoms with van der Waals surface area (Å²) >= 11 is 12.3. The molecular weight excluding hydrogens is 431 g/mol. The van der Waals surface area contributed by atoms with E-state index in [4.69, 9.17) is 23.2 Å². The number of piperazine rings is 1. The van der Waals surface area contributed by atoms with Crippen molar-refractivity contribution in [2.45, 2.75) is 49.9 Å². The van der Waals surface area contributed by atoms with Crippen molar-refractivity contribution in [1.29, 1.82) is 0 Å². The van der Waals surface area contributed by atoms with Gasteiger partial charge in [-0.2, -0.15) is 0 Å². The van der Waals surface area contributed by atoms with Gasteiger partial charge in [-0.1, -0.05) is 35.3 Å². The number of pyridine rings is 1. The number of halogens is 2. The second-order valence-corrected chi connectivity index (χ2v) is 10.1. The molecule has 3 aliphatic rings. The van der Waals surface area contributed by atoms with Crippen molar-refractivity contribution in [1.82, 2.24) is 14.8 Å². The summed E-state index contributed by atoms with van der Waals surface area (Å²) in [6.07, 6.45) is 5.77. The zero-order valence-electron chi connectivity index (χ0n) is 17.7. The molecule has 1 aromatic carbocycles. The zero-order valence-corrected chi connectivity index (χ0v) is 19.2. The smallest absolute Gasteiger partial charge is 0.129 e. The van der Waals surface area contributed by atoms with E-state index in [1.807, 2.05) is 24.3 Å². The van der Waals surface area contributed by atoms with Crippen molar-refractivity contribution in [3.8, 4) is 0 Å². The minimum atomic E-state index is -0.183. The van der Waals surface area contributed by atoms with E-state index in [2.05, 4.69) is 31.8 Å². The van der Waals surface area contributed by atoms with Gasteiger partial charge < -0.3 is 10.0 Å². The largest absolute Gasteiger partial charge is 0.392 e. The van der Waals surface area contributed by atoms with Gasteiger partial charge in [0.25, 0.3) is 0 Å². The first-order chi connectivity index (χ1) is 15.0. The number of piperidine rings is 1. The highest BCUT2D eigenvalue weighted by molar-refractivity contribution is 6.31. The van der Waals surface area contributed by atoms with Gasteiger partial charge in [0.05, 0.1) is 6.10 Å². The molecule has 166 valence electrons. The first kappa shape index (κ1) is 21.5. The van der Waals surface area contributed by atoms with Crippen molar-refractivity contribution in [3.63, 3.8) is 0 Å². The molecule has 5 rings (SSSR count). The normalized spacial score (nSPS) is 28.1. The molecule has 0 radical (unpaired) electrons. The topological polar surface area (TPSA) is 42.8 Å². The molecule has 5 nitrogen and oxygen atoms in total. The Kier molecular flexibility index (Phi) is 6.40. The van der Waals surface area contributed by atoms with Crippen LogP contribution in [0.3, 0.4) is 0 Å². The molecule has 0 spiro atoms. The summed E-state index contributed by atoms with van der Waals surface area (Å²) in [5.74, 6) is 0.979. The van der Waals surface area contributed by atoms with Crippen molar-refractivity contribution in [3.05, 3.63) is 58.2 Å². The van der Waals surface area contributed by atoms with Crippen LogP contribution in [0.5, 0.6) is 0 Å². The summed E-state index contributed by atoms with van der Waals surface area (Å²) < 4.78 is 0. The highest BCUT2D eigenvalue weighted by Gasteiger charge is 2.42. The van der Waals surface area contributed by atoms with Crippen LogP contribution in [0.15, 0.2) is 42.6 Å². The minimum Gasteiger partial charge on any atom is -0.392 e. The molecule has 4 heterocycles. The Morgan fingerprint density at radius 2 is 1.71 bits per heavy atom. The molecule has 1 aromatic heterocycles. The Morgan fingerprint density at radius 3 is 2.45 bits per heavy atom. The number of hydrogen-bond acceptors (Lipinski definition) is 5. The molecule has 0 amide bonds. The molecule has 1 N–H and O–H groups in total.